The van der Waals surface area contributed by atoms with Gasteiger partial charge in [0.1, 0.15) is 4.60 Å². The van der Waals surface area contributed by atoms with Crippen LogP contribution in [0.25, 0.3) is 5.65 Å². The number of imidazole rings is 1. The Hall–Kier alpha value is -1.88. The van der Waals surface area contributed by atoms with Crippen LogP contribution in [0.1, 0.15) is 22.4 Å². The van der Waals surface area contributed by atoms with Crippen molar-refractivity contribution in [3.8, 4) is 0 Å². The summed E-state index contributed by atoms with van der Waals surface area (Å²) in [5.41, 5.74) is 6.98. The average Bonchev–Trinajstić information content (AvgIpc) is 2.80. The fourth-order valence-corrected chi connectivity index (χ4v) is 2.99. The molecular formula is C16H17BrN4. The van der Waals surface area contributed by atoms with Crippen LogP contribution in [0, 0.1) is 20.8 Å². The van der Waals surface area contributed by atoms with Crippen LogP contribution in [0.4, 0.5) is 5.69 Å². The molecule has 0 saturated heterocycles. The molecule has 0 unspecified atom stereocenters. The molecule has 2 heterocycles. The molecule has 2 aromatic heterocycles. The zero-order valence-electron chi connectivity index (χ0n) is 12.3. The summed E-state index contributed by atoms with van der Waals surface area (Å²) in [5.74, 6) is 0. The summed E-state index contributed by atoms with van der Waals surface area (Å²) in [6, 6.07) is 4.40. The lowest BCUT2D eigenvalue weighted by Crippen LogP contribution is -2.05. The zero-order chi connectivity index (χ0) is 15.0. The number of nitrogens with one attached hydrogen (secondary N) is 1. The van der Waals surface area contributed by atoms with Crippen molar-refractivity contribution in [2.24, 2.45) is 0 Å². The molecule has 0 aliphatic heterocycles. The largest absolute Gasteiger partial charge is 0.379 e. The number of nitrogens with zero attached hydrogens (tertiary/aromatic N) is 3. The standard InChI is InChI=1S/C16H17BrN4/c1-10-4-11(2)16(12(3)5-10)20-7-13-6-19-15-8-18-14(17)9-21(13)15/h4-6,8-9,20H,7H2,1-3H3. The molecule has 1 aromatic carbocycles. The van der Waals surface area contributed by atoms with E-state index in [1.54, 1.807) is 6.20 Å². The fraction of sp³-hybridized carbons (Fsp3) is 0.250. The maximum atomic E-state index is 4.37. The second kappa shape index (κ2) is 5.48. The Labute approximate surface area is 132 Å². The number of hydrogen-bond donors (Lipinski definition) is 1. The Kier molecular flexibility index (Phi) is 3.68. The van der Waals surface area contributed by atoms with E-state index in [0.29, 0.717) is 0 Å². The first-order valence-electron chi connectivity index (χ1n) is 6.84. The van der Waals surface area contributed by atoms with Crippen molar-refractivity contribution in [1.82, 2.24) is 14.4 Å². The zero-order valence-corrected chi connectivity index (χ0v) is 13.9. The highest BCUT2D eigenvalue weighted by Gasteiger charge is 2.07. The van der Waals surface area contributed by atoms with E-state index in [1.807, 2.05) is 16.8 Å². The summed E-state index contributed by atoms with van der Waals surface area (Å²) >= 11 is 3.40. The molecule has 0 amide bonds. The first kappa shape index (κ1) is 14.1. The number of fused-ring (bicyclic) bond motifs is 1. The number of aryl methyl sites for hydroxylation is 3. The molecular weight excluding hydrogens is 328 g/mol. The van der Waals surface area contributed by atoms with E-state index in [0.717, 1.165) is 22.5 Å². The molecule has 4 nitrogen and oxygen atoms in total. The summed E-state index contributed by atoms with van der Waals surface area (Å²) in [4.78, 5) is 8.56. The Morgan fingerprint density at radius 1 is 1.10 bits per heavy atom. The minimum Gasteiger partial charge on any atom is -0.379 e. The van der Waals surface area contributed by atoms with Crippen molar-refractivity contribution in [2.45, 2.75) is 27.3 Å². The molecule has 0 saturated carbocycles. The summed E-state index contributed by atoms with van der Waals surface area (Å²) in [7, 11) is 0. The lowest BCUT2D eigenvalue weighted by molar-refractivity contribution is 0.979. The van der Waals surface area contributed by atoms with Gasteiger partial charge in [0.25, 0.3) is 0 Å². The van der Waals surface area contributed by atoms with Gasteiger partial charge in [-0.25, -0.2) is 9.97 Å². The van der Waals surface area contributed by atoms with Gasteiger partial charge in [-0.1, -0.05) is 17.7 Å². The maximum absolute atomic E-state index is 4.37. The number of aromatic nitrogens is 3. The molecule has 108 valence electrons. The van der Waals surface area contributed by atoms with Gasteiger partial charge in [0.15, 0.2) is 5.65 Å². The second-order valence-electron chi connectivity index (χ2n) is 5.32. The summed E-state index contributed by atoms with van der Waals surface area (Å²) in [5, 5.41) is 3.53. The predicted octanol–water partition coefficient (Wildman–Crippen LogP) is 4.03. The van der Waals surface area contributed by atoms with Crippen molar-refractivity contribution < 1.29 is 0 Å². The highest BCUT2D eigenvalue weighted by Crippen LogP contribution is 2.22. The van der Waals surface area contributed by atoms with Crippen LogP contribution in [-0.4, -0.2) is 14.4 Å². The van der Waals surface area contributed by atoms with Gasteiger partial charge in [0, 0.05) is 11.9 Å². The van der Waals surface area contributed by atoms with Crippen LogP contribution in [0.15, 0.2) is 35.3 Å². The Bertz CT molecular complexity index is 784. The summed E-state index contributed by atoms with van der Waals surface area (Å²) < 4.78 is 2.85. The Morgan fingerprint density at radius 3 is 2.52 bits per heavy atom. The molecule has 1 N–H and O–H groups in total. The third-order valence-corrected chi connectivity index (χ3v) is 3.97. The van der Waals surface area contributed by atoms with E-state index in [4.69, 9.17) is 0 Å². The monoisotopic (exact) mass is 344 g/mol. The number of anilines is 1. The van der Waals surface area contributed by atoms with Gasteiger partial charge >= 0.3 is 0 Å². The molecule has 21 heavy (non-hydrogen) atoms. The van der Waals surface area contributed by atoms with E-state index >= 15 is 0 Å². The van der Waals surface area contributed by atoms with Crippen LogP contribution in [-0.2, 0) is 6.54 Å². The number of halogens is 1. The predicted molar refractivity (Wildman–Crippen MR) is 88.7 cm³/mol. The first-order valence-corrected chi connectivity index (χ1v) is 7.63. The van der Waals surface area contributed by atoms with Crippen molar-refractivity contribution >= 4 is 27.3 Å². The van der Waals surface area contributed by atoms with Crippen LogP contribution in [0.5, 0.6) is 0 Å². The highest BCUT2D eigenvalue weighted by molar-refractivity contribution is 9.10. The van der Waals surface area contributed by atoms with E-state index in [-0.39, 0.29) is 0 Å². The number of hydrogen-bond acceptors (Lipinski definition) is 3. The summed E-state index contributed by atoms with van der Waals surface area (Å²) in [6.07, 6.45) is 5.58. The van der Waals surface area contributed by atoms with Gasteiger partial charge in [0.2, 0.25) is 0 Å². The Balaban J connectivity index is 1.89. The smallest absolute Gasteiger partial charge is 0.155 e. The SMILES string of the molecule is Cc1cc(C)c(NCc2cnc3cnc(Br)cn23)c(C)c1. The molecule has 0 fully saturated rings. The third kappa shape index (κ3) is 2.78. The quantitative estimate of drug-likeness (QED) is 0.779. The molecule has 0 atom stereocenters. The van der Waals surface area contributed by atoms with E-state index < -0.39 is 0 Å². The number of rotatable bonds is 3. The van der Waals surface area contributed by atoms with Crippen molar-refractivity contribution in [3.63, 3.8) is 0 Å². The van der Waals surface area contributed by atoms with Crippen molar-refractivity contribution in [3.05, 3.63) is 57.7 Å². The lowest BCUT2D eigenvalue weighted by Gasteiger charge is -2.13. The lowest BCUT2D eigenvalue weighted by atomic mass is 10.1. The molecule has 0 spiro atoms. The highest BCUT2D eigenvalue weighted by atomic mass is 79.9. The minimum absolute atomic E-state index is 0.725. The molecule has 3 aromatic rings. The fourth-order valence-electron chi connectivity index (χ4n) is 2.68. The van der Waals surface area contributed by atoms with Gasteiger partial charge in [-0.15, -0.1) is 0 Å². The van der Waals surface area contributed by atoms with Crippen molar-refractivity contribution in [1.29, 1.82) is 0 Å². The third-order valence-electron chi connectivity index (χ3n) is 3.56. The van der Waals surface area contributed by atoms with Crippen LogP contribution in [0.3, 0.4) is 0 Å². The number of benzene rings is 1. The normalized spacial score (nSPS) is 11.0. The van der Waals surface area contributed by atoms with Crippen molar-refractivity contribution in [2.75, 3.05) is 5.32 Å². The van der Waals surface area contributed by atoms with Gasteiger partial charge < -0.3 is 5.32 Å². The Morgan fingerprint density at radius 2 is 1.81 bits per heavy atom. The average molecular weight is 345 g/mol. The van der Waals surface area contributed by atoms with Crippen LogP contribution < -0.4 is 5.32 Å². The van der Waals surface area contributed by atoms with Crippen LogP contribution in [0.2, 0.25) is 0 Å². The van der Waals surface area contributed by atoms with Gasteiger partial charge in [-0.2, -0.15) is 0 Å². The van der Waals surface area contributed by atoms with E-state index in [2.05, 4.69) is 64.1 Å². The molecule has 3 rings (SSSR count). The molecule has 5 heteroatoms. The van der Waals surface area contributed by atoms with Crippen LogP contribution >= 0.6 is 15.9 Å². The van der Waals surface area contributed by atoms with Gasteiger partial charge in [0.05, 0.1) is 24.6 Å². The van der Waals surface area contributed by atoms with Gasteiger partial charge in [-0.3, -0.25) is 4.40 Å². The minimum atomic E-state index is 0.725. The summed E-state index contributed by atoms with van der Waals surface area (Å²) in [6.45, 7) is 7.12. The second-order valence-corrected chi connectivity index (χ2v) is 6.13. The molecule has 0 aliphatic carbocycles. The molecule has 0 radical (unpaired) electrons. The maximum Gasteiger partial charge on any atom is 0.155 e. The topological polar surface area (TPSA) is 42.2 Å². The molecule has 0 bridgehead atoms. The first-order chi connectivity index (χ1) is 10.0. The van der Waals surface area contributed by atoms with Gasteiger partial charge in [-0.05, 0) is 47.8 Å². The van der Waals surface area contributed by atoms with E-state index in [9.17, 15) is 0 Å². The van der Waals surface area contributed by atoms with E-state index in [1.165, 1.54) is 22.4 Å². The molecule has 0 aliphatic rings.